The van der Waals surface area contributed by atoms with Gasteiger partial charge in [0.15, 0.2) is 0 Å². The van der Waals surface area contributed by atoms with Crippen LogP contribution in [0, 0.1) is 0 Å². The van der Waals surface area contributed by atoms with E-state index in [0.29, 0.717) is 23.6 Å². The fraction of sp³-hybridized carbons (Fsp3) is 0.111. The molecule has 0 atom stereocenters. The van der Waals surface area contributed by atoms with E-state index < -0.39 is 5.97 Å². The summed E-state index contributed by atoms with van der Waals surface area (Å²) in [5.74, 6) is 0.268. The highest BCUT2D eigenvalue weighted by molar-refractivity contribution is 9.11. The maximum atomic E-state index is 11.6. The van der Waals surface area contributed by atoms with Gasteiger partial charge < -0.3 is 9.57 Å². The van der Waals surface area contributed by atoms with Crippen molar-refractivity contribution in [2.75, 3.05) is 0 Å². The number of hydrogen-bond donors (Lipinski definition) is 0. The molecule has 4 nitrogen and oxygen atoms in total. The van der Waals surface area contributed by atoms with Gasteiger partial charge in [-0.25, -0.2) is 4.79 Å². The molecule has 0 fully saturated rings. The number of hydrogen-bond acceptors (Lipinski definition) is 4. The Bertz CT molecular complexity index is 822. The summed E-state index contributed by atoms with van der Waals surface area (Å²) in [6.45, 7) is 2.20. The second kappa shape index (κ2) is 7.32. The van der Waals surface area contributed by atoms with Gasteiger partial charge in [-0.2, -0.15) is 0 Å². The van der Waals surface area contributed by atoms with Gasteiger partial charge in [-0.15, -0.1) is 0 Å². The Morgan fingerprint density at radius 1 is 1.17 bits per heavy atom. The normalized spacial score (nSPS) is 15.4. The van der Waals surface area contributed by atoms with E-state index in [4.69, 9.17) is 4.74 Å². The summed E-state index contributed by atoms with van der Waals surface area (Å²) in [4.78, 5) is 16.3. The first-order valence-electron chi connectivity index (χ1n) is 7.18. The average molecular weight is 451 g/mol. The van der Waals surface area contributed by atoms with E-state index in [1.165, 1.54) is 0 Å². The van der Waals surface area contributed by atoms with Crippen molar-refractivity contribution in [3.63, 3.8) is 0 Å². The van der Waals surface area contributed by atoms with Crippen LogP contribution in [-0.2, 0) is 16.2 Å². The zero-order valence-electron chi connectivity index (χ0n) is 12.8. The van der Waals surface area contributed by atoms with E-state index in [0.717, 1.165) is 20.1 Å². The number of benzene rings is 2. The Morgan fingerprint density at radius 3 is 2.42 bits per heavy atom. The Hall–Kier alpha value is -1.92. The Balaban J connectivity index is 1.83. The van der Waals surface area contributed by atoms with Crippen LogP contribution in [0.15, 0.2) is 62.1 Å². The molecular weight excluding hydrogens is 438 g/mol. The molecule has 0 amide bonds. The molecule has 6 heteroatoms. The van der Waals surface area contributed by atoms with Crippen LogP contribution >= 0.6 is 31.9 Å². The molecule has 0 bridgehead atoms. The molecule has 2 aromatic carbocycles. The van der Waals surface area contributed by atoms with Gasteiger partial charge >= 0.3 is 5.97 Å². The zero-order chi connectivity index (χ0) is 17.1. The minimum atomic E-state index is -0.441. The molecule has 1 aliphatic rings. The summed E-state index contributed by atoms with van der Waals surface area (Å²) in [6, 6.07) is 13.7. The van der Waals surface area contributed by atoms with Crippen LogP contribution in [0.2, 0.25) is 0 Å². The SMILES string of the molecule is CC1=NOC(=O)/C1=C\c1cc(Br)c(OCc2ccccc2)c(Br)c1. The van der Waals surface area contributed by atoms with E-state index in [1.807, 2.05) is 42.5 Å². The van der Waals surface area contributed by atoms with Gasteiger partial charge in [-0.1, -0.05) is 35.5 Å². The highest BCUT2D eigenvalue weighted by atomic mass is 79.9. The number of oxime groups is 1. The number of nitrogens with zero attached hydrogens (tertiary/aromatic N) is 1. The lowest BCUT2D eigenvalue weighted by Gasteiger charge is -2.11. The summed E-state index contributed by atoms with van der Waals surface area (Å²) >= 11 is 7.04. The van der Waals surface area contributed by atoms with Crippen molar-refractivity contribution in [2.45, 2.75) is 13.5 Å². The van der Waals surface area contributed by atoms with Crippen molar-refractivity contribution >= 4 is 49.6 Å². The van der Waals surface area contributed by atoms with Crippen molar-refractivity contribution < 1.29 is 14.4 Å². The first-order chi connectivity index (χ1) is 11.5. The number of halogens is 2. The second-order valence-corrected chi connectivity index (χ2v) is 6.91. The van der Waals surface area contributed by atoms with Crippen molar-refractivity contribution in [1.29, 1.82) is 0 Å². The van der Waals surface area contributed by atoms with Crippen LogP contribution in [-0.4, -0.2) is 11.7 Å². The maximum absolute atomic E-state index is 11.6. The molecule has 122 valence electrons. The van der Waals surface area contributed by atoms with E-state index in [2.05, 4.69) is 41.9 Å². The first kappa shape index (κ1) is 16.9. The molecule has 0 unspecified atom stereocenters. The van der Waals surface area contributed by atoms with Crippen molar-refractivity contribution in [3.8, 4) is 5.75 Å². The molecule has 24 heavy (non-hydrogen) atoms. The second-order valence-electron chi connectivity index (χ2n) is 5.20. The highest BCUT2D eigenvalue weighted by Crippen LogP contribution is 2.36. The van der Waals surface area contributed by atoms with Crippen LogP contribution in [0.4, 0.5) is 0 Å². The molecule has 0 N–H and O–H groups in total. The van der Waals surface area contributed by atoms with Gasteiger partial charge in [0.05, 0.1) is 20.2 Å². The van der Waals surface area contributed by atoms with E-state index >= 15 is 0 Å². The fourth-order valence-electron chi connectivity index (χ4n) is 2.22. The lowest BCUT2D eigenvalue weighted by atomic mass is 10.1. The number of ether oxygens (including phenoxy) is 1. The van der Waals surface area contributed by atoms with Gasteiger partial charge in [0.25, 0.3) is 0 Å². The zero-order valence-corrected chi connectivity index (χ0v) is 15.9. The maximum Gasteiger partial charge on any atom is 0.367 e. The largest absolute Gasteiger partial charge is 0.487 e. The summed E-state index contributed by atoms with van der Waals surface area (Å²) in [6.07, 6.45) is 1.74. The molecule has 0 saturated heterocycles. The number of carbonyl (C=O) groups excluding carboxylic acids is 1. The third kappa shape index (κ3) is 3.76. The third-order valence-electron chi connectivity index (χ3n) is 3.43. The molecular formula is C18H13Br2NO3. The van der Waals surface area contributed by atoms with E-state index in [1.54, 1.807) is 13.0 Å². The lowest BCUT2D eigenvalue weighted by molar-refractivity contribution is -0.136. The van der Waals surface area contributed by atoms with Crippen molar-refractivity contribution in [3.05, 3.63) is 68.1 Å². The van der Waals surface area contributed by atoms with Crippen molar-refractivity contribution in [1.82, 2.24) is 0 Å². The Labute approximate surface area is 156 Å². The highest BCUT2D eigenvalue weighted by Gasteiger charge is 2.22. The molecule has 0 aliphatic carbocycles. The van der Waals surface area contributed by atoms with E-state index in [9.17, 15) is 4.79 Å². The molecule has 1 aliphatic heterocycles. The van der Waals surface area contributed by atoms with Gasteiger partial charge in [-0.05, 0) is 68.1 Å². The summed E-state index contributed by atoms with van der Waals surface area (Å²) in [5, 5.41) is 3.67. The molecule has 0 aromatic heterocycles. The molecule has 0 radical (unpaired) electrons. The van der Waals surface area contributed by atoms with Crippen LogP contribution in [0.25, 0.3) is 6.08 Å². The Morgan fingerprint density at radius 2 is 1.83 bits per heavy atom. The van der Waals surface area contributed by atoms with Gasteiger partial charge in [0.1, 0.15) is 12.4 Å². The monoisotopic (exact) mass is 449 g/mol. The summed E-state index contributed by atoms with van der Waals surface area (Å²) < 4.78 is 7.48. The lowest BCUT2D eigenvalue weighted by Crippen LogP contribution is -2.02. The minimum Gasteiger partial charge on any atom is -0.487 e. The smallest absolute Gasteiger partial charge is 0.367 e. The van der Waals surface area contributed by atoms with Gasteiger partial charge in [-0.3, -0.25) is 0 Å². The van der Waals surface area contributed by atoms with Crippen LogP contribution < -0.4 is 4.74 Å². The van der Waals surface area contributed by atoms with Crippen LogP contribution in [0.3, 0.4) is 0 Å². The number of carbonyl (C=O) groups is 1. The van der Waals surface area contributed by atoms with E-state index in [-0.39, 0.29) is 0 Å². The molecule has 3 rings (SSSR count). The molecule has 1 heterocycles. The molecule has 0 saturated carbocycles. The minimum absolute atomic E-state index is 0.441. The predicted octanol–water partition coefficient (Wildman–Crippen LogP) is 5.11. The topological polar surface area (TPSA) is 47.9 Å². The quantitative estimate of drug-likeness (QED) is 0.480. The van der Waals surface area contributed by atoms with Gasteiger partial charge in [0.2, 0.25) is 0 Å². The van der Waals surface area contributed by atoms with Gasteiger partial charge in [0, 0.05) is 0 Å². The molecule has 0 spiro atoms. The van der Waals surface area contributed by atoms with Crippen LogP contribution in [0.5, 0.6) is 5.75 Å². The number of rotatable bonds is 4. The standard InChI is InChI=1S/C18H13Br2NO3/c1-11-14(18(22)24-21-11)7-13-8-15(19)17(16(20)9-13)23-10-12-5-3-2-4-6-12/h2-9H,10H2,1H3/b14-7-. The first-order valence-corrected chi connectivity index (χ1v) is 8.77. The summed E-state index contributed by atoms with van der Waals surface area (Å²) in [7, 11) is 0. The van der Waals surface area contributed by atoms with Crippen molar-refractivity contribution in [2.24, 2.45) is 5.16 Å². The fourth-order valence-corrected chi connectivity index (χ4v) is 3.67. The summed E-state index contributed by atoms with van der Waals surface area (Å²) in [5.41, 5.74) is 2.94. The average Bonchev–Trinajstić information content (AvgIpc) is 2.87. The molecule has 2 aromatic rings. The Kier molecular flexibility index (Phi) is 5.16. The predicted molar refractivity (Wildman–Crippen MR) is 99.8 cm³/mol. The third-order valence-corrected chi connectivity index (χ3v) is 4.61. The van der Waals surface area contributed by atoms with Crippen LogP contribution in [0.1, 0.15) is 18.1 Å².